The van der Waals surface area contributed by atoms with Crippen molar-refractivity contribution in [3.05, 3.63) is 48.0 Å². The molecule has 11 nitrogen and oxygen atoms in total. The van der Waals surface area contributed by atoms with Gasteiger partial charge in [-0.1, -0.05) is 6.92 Å². The standard InChI is InChI=1S/C25H30N4O7/c1-3-12-35-20-7-5-19(6-8-20)27-24(31)25(32)28-26-16-18-4-9-21(22(15-18)33-2)36-17-23(30)29-10-13-34-14-11-29/h4-9,15-16H,3,10-14,17H2,1-2H3,(H,27,31)(H,28,32)/b26-16-. The SMILES string of the molecule is CCCOc1ccc(NC(=O)C(=O)N/N=C\c2ccc(OCC(=O)N3CCOCC3)c(OC)c2)cc1. The van der Waals surface area contributed by atoms with Crippen molar-refractivity contribution in [2.24, 2.45) is 5.10 Å². The van der Waals surface area contributed by atoms with Crippen molar-refractivity contribution < 1.29 is 33.3 Å². The van der Waals surface area contributed by atoms with Crippen LogP contribution in [0.1, 0.15) is 18.9 Å². The Hall–Kier alpha value is -4.12. The van der Waals surface area contributed by atoms with E-state index in [2.05, 4.69) is 15.8 Å². The van der Waals surface area contributed by atoms with Gasteiger partial charge in [0.25, 0.3) is 5.91 Å². The second kappa shape index (κ2) is 13.7. The lowest BCUT2D eigenvalue weighted by molar-refractivity contribution is -0.137. The van der Waals surface area contributed by atoms with Crippen molar-refractivity contribution in [1.29, 1.82) is 0 Å². The molecule has 1 saturated heterocycles. The second-order valence-corrected chi connectivity index (χ2v) is 7.72. The summed E-state index contributed by atoms with van der Waals surface area (Å²) in [6.07, 6.45) is 2.25. The molecule has 0 saturated carbocycles. The maximum atomic E-state index is 12.3. The van der Waals surface area contributed by atoms with Gasteiger partial charge in [-0.3, -0.25) is 14.4 Å². The van der Waals surface area contributed by atoms with Crippen LogP contribution in [0.2, 0.25) is 0 Å². The fourth-order valence-corrected chi connectivity index (χ4v) is 3.19. The van der Waals surface area contributed by atoms with Gasteiger partial charge in [-0.05, 0) is 54.4 Å². The third-order valence-electron chi connectivity index (χ3n) is 5.07. The molecule has 2 aromatic carbocycles. The van der Waals surface area contributed by atoms with E-state index in [1.54, 1.807) is 47.4 Å². The Bertz CT molecular complexity index is 1070. The highest BCUT2D eigenvalue weighted by Crippen LogP contribution is 2.27. The first-order valence-corrected chi connectivity index (χ1v) is 11.5. The number of methoxy groups -OCH3 is 1. The highest BCUT2D eigenvalue weighted by molar-refractivity contribution is 6.39. The highest BCUT2D eigenvalue weighted by atomic mass is 16.5. The summed E-state index contributed by atoms with van der Waals surface area (Å²) < 4.78 is 21.7. The average molecular weight is 499 g/mol. The molecule has 36 heavy (non-hydrogen) atoms. The Labute approximate surface area is 209 Å². The number of anilines is 1. The van der Waals surface area contributed by atoms with Gasteiger partial charge in [0.05, 0.1) is 33.1 Å². The molecule has 0 spiro atoms. The molecule has 192 valence electrons. The smallest absolute Gasteiger partial charge is 0.329 e. The minimum absolute atomic E-state index is 0.122. The molecule has 2 N–H and O–H groups in total. The summed E-state index contributed by atoms with van der Waals surface area (Å²) in [7, 11) is 1.47. The van der Waals surface area contributed by atoms with Crippen molar-refractivity contribution >= 4 is 29.6 Å². The molecule has 0 radical (unpaired) electrons. The molecule has 11 heteroatoms. The van der Waals surface area contributed by atoms with E-state index in [0.29, 0.717) is 61.4 Å². The van der Waals surface area contributed by atoms with Gasteiger partial charge in [-0.15, -0.1) is 0 Å². The molecule has 1 heterocycles. The molecule has 0 atom stereocenters. The van der Waals surface area contributed by atoms with Gasteiger partial charge in [0, 0.05) is 18.8 Å². The third kappa shape index (κ3) is 7.98. The molecule has 1 aliphatic rings. The lowest BCUT2D eigenvalue weighted by Gasteiger charge is -2.26. The number of hydrazone groups is 1. The molecule has 3 amide bonds. The number of hydrogen-bond acceptors (Lipinski definition) is 8. The molecular weight excluding hydrogens is 468 g/mol. The van der Waals surface area contributed by atoms with E-state index in [9.17, 15) is 14.4 Å². The first kappa shape index (κ1) is 26.5. The van der Waals surface area contributed by atoms with Crippen LogP contribution in [0, 0.1) is 0 Å². The monoisotopic (exact) mass is 498 g/mol. The second-order valence-electron chi connectivity index (χ2n) is 7.72. The Kier molecular flexibility index (Phi) is 10.1. The zero-order valence-corrected chi connectivity index (χ0v) is 20.3. The van der Waals surface area contributed by atoms with Gasteiger partial charge < -0.3 is 29.2 Å². The first-order valence-electron chi connectivity index (χ1n) is 11.5. The van der Waals surface area contributed by atoms with Crippen LogP contribution in [-0.4, -0.2) is 75.5 Å². The van der Waals surface area contributed by atoms with Gasteiger partial charge in [-0.2, -0.15) is 5.10 Å². The summed E-state index contributed by atoms with van der Waals surface area (Å²) in [6.45, 7) is 4.60. The summed E-state index contributed by atoms with van der Waals surface area (Å²) in [5.41, 5.74) is 3.22. The zero-order valence-electron chi connectivity index (χ0n) is 20.3. The summed E-state index contributed by atoms with van der Waals surface area (Å²) in [4.78, 5) is 38.1. The van der Waals surface area contributed by atoms with Crippen molar-refractivity contribution in [2.75, 3.05) is 51.9 Å². The zero-order chi connectivity index (χ0) is 25.8. The van der Waals surface area contributed by atoms with E-state index in [-0.39, 0.29) is 12.5 Å². The van der Waals surface area contributed by atoms with Gasteiger partial charge in [0.2, 0.25) is 0 Å². The third-order valence-corrected chi connectivity index (χ3v) is 5.07. The van der Waals surface area contributed by atoms with Crippen LogP contribution in [0.3, 0.4) is 0 Å². The maximum Gasteiger partial charge on any atom is 0.329 e. The first-order chi connectivity index (χ1) is 17.5. The minimum Gasteiger partial charge on any atom is -0.494 e. The Balaban J connectivity index is 1.48. The van der Waals surface area contributed by atoms with E-state index in [4.69, 9.17) is 18.9 Å². The van der Waals surface area contributed by atoms with E-state index < -0.39 is 11.8 Å². The molecule has 0 bridgehead atoms. The Morgan fingerprint density at radius 1 is 1.03 bits per heavy atom. The predicted molar refractivity (Wildman–Crippen MR) is 132 cm³/mol. The van der Waals surface area contributed by atoms with Crippen LogP contribution < -0.4 is 25.0 Å². The molecule has 1 fully saturated rings. The van der Waals surface area contributed by atoms with Crippen LogP contribution >= 0.6 is 0 Å². The molecule has 0 aliphatic carbocycles. The lowest BCUT2D eigenvalue weighted by Crippen LogP contribution is -2.43. The molecule has 0 unspecified atom stereocenters. The number of amides is 3. The van der Waals surface area contributed by atoms with Crippen LogP contribution in [0.25, 0.3) is 0 Å². The minimum atomic E-state index is -0.925. The Morgan fingerprint density at radius 2 is 1.78 bits per heavy atom. The van der Waals surface area contributed by atoms with Crippen molar-refractivity contribution in [3.63, 3.8) is 0 Å². The van der Waals surface area contributed by atoms with Crippen molar-refractivity contribution in [1.82, 2.24) is 10.3 Å². The number of carbonyl (C=O) groups excluding carboxylic acids is 3. The number of rotatable bonds is 10. The number of morpholine rings is 1. The highest BCUT2D eigenvalue weighted by Gasteiger charge is 2.18. The quantitative estimate of drug-likeness (QED) is 0.291. The largest absolute Gasteiger partial charge is 0.494 e. The molecule has 0 aromatic heterocycles. The van der Waals surface area contributed by atoms with E-state index in [1.807, 2.05) is 6.92 Å². The van der Waals surface area contributed by atoms with Gasteiger partial charge in [-0.25, -0.2) is 5.43 Å². The summed E-state index contributed by atoms with van der Waals surface area (Å²) in [6, 6.07) is 11.6. The van der Waals surface area contributed by atoms with Crippen LogP contribution in [0.4, 0.5) is 5.69 Å². The fourth-order valence-electron chi connectivity index (χ4n) is 3.19. The number of carbonyl (C=O) groups is 3. The topological polar surface area (TPSA) is 128 Å². The Morgan fingerprint density at radius 3 is 2.47 bits per heavy atom. The number of nitrogens with zero attached hydrogens (tertiary/aromatic N) is 2. The van der Waals surface area contributed by atoms with E-state index in [1.165, 1.54) is 13.3 Å². The van der Waals surface area contributed by atoms with Crippen LogP contribution in [0.5, 0.6) is 17.2 Å². The summed E-state index contributed by atoms with van der Waals surface area (Å²) in [5.74, 6) is -0.450. The van der Waals surface area contributed by atoms with E-state index in [0.717, 1.165) is 6.42 Å². The fraction of sp³-hybridized carbons (Fsp3) is 0.360. The number of nitrogens with one attached hydrogen (secondary N) is 2. The maximum absolute atomic E-state index is 12.3. The molecular formula is C25H30N4O7. The van der Waals surface area contributed by atoms with Crippen molar-refractivity contribution in [3.8, 4) is 17.2 Å². The van der Waals surface area contributed by atoms with Crippen molar-refractivity contribution in [2.45, 2.75) is 13.3 Å². The van der Waals surface area contributed by atoms with Crippen LogP contribution in [0.15, 0.2) is 47.6 Å². The number of ether oxygens (including phenoxy) is 4. The predicted octanol–water partition coefficient (Wildman–Crippen LogP) is 1.81. The van der Waals surface area contributed by atoms with Gasteiger partial charge in [0.1, 0.15) is 5.75 Å². The average Bonchev–Trinajstić information content (AvgIpc) is 2.92. The summed E-state index contributed by atoms with van der Waals surface area (Å²) >= 11 is 0. The molecule has 3 rings (SSSR count). The van der Waals surface area contributed by atoms with Gasteiger partial charge in [0.15, 0.2) is 18.1 Å². The molecule has 2 aromatic rings. The summed E-state index contributed by atoms with van der Waals surface area (Å²) in [5, 5.41) is 6.31. The number of benzene rings is 2. The van der Waals surface area contributed by atoms with Gasteiger partial charge >= 0.3 is 11.8 Å². The molecule has 1 aliphatic heterocycles. The van der Waals surface area contributed by atoms with E-state index >= 15 is 0 Å². The lowest BCUT2D eigenvalue weighted by atomic mass is 10.2. The normalized spacial score (nSPS) is 13.2. The number of hydrogen-bond donors (Lipinski definition) is 2. The van der Waals surface area contributed by atoms with Crippen LogP contribution in [-0.2, 0) is 19.1 Å².